The molecule has 0 saturated carbocycles. The number of nitrogens with one attached hydrogen (secondary N) is 1. The van der Waals surface area contributed by atoms with E-state index in [0.29, 0.717) is 11.3 Å². The van der Waals surface area contributed by atoms with E-state index in [1.807, 2.05) is 47.9 Å². The van der Waals surface area contributed by atoms with Gasteiger partial charge in [-0.2, -0.15) is 0 Å². The SMILES string of the molecule is CNc1cc(CC(=O)O)cc(-n2c(C)ccc2-c2cc(Br)ccc2OCc2ccc(F)cc2F)c1. The Kier molecular flexibility index (Phi) is 7.21. The molecule has 2 N–H and O–H groups in total. The Bertz CT molecular complexity index is 1400. The number of halogens is 3. The van der Waals surface area contributed by atoms with Crippen LogP contribution in [-0.2, 0) is 17.8 Å². The summed E-state index contributed by atoms with van der Waals surface area (Å²) in [6.07, 6.45) is -0.105. The molecular formula is C27H23BrF2N2O3. The third kappa shape index (κ3) is 5.54. The molecule has 35 heavy (non-hydrogen) atoms. The molecule has 1 aromatic heterocycles. The average molecular weight is 541 g/mol. The minimum absolute atomic E-state index is 0.0710. The van der Waals surface area contributed by atoms with Crippen molar-refractivity contribution in [2.45, 2.75) is 20.0 Å². The lowest BCUT2D eigenvalue weighted by atomic mass is 10.1. The molecule has 0 unspecified atom stereocenters. The van der Waals surface area contributed by atoms with Gasteiger partial charge in [0, 0.05) is 45.8 Å². The molecule has 0 aliphatic rings. The van der Waals surface area contributed by atoms with Gasteiger partial charge in [0.15, 0.2) is 0 Å². The van der Waals surface area contributed by atoms with Gasteiger partial charge in [-0.1, -0.05) is 15.9 Å². The molecule has 0 fully saturated rings. The number of hydrogen-bond donors (Lipinski definition) is 2. The number of hydrogen-bond acceptors (Lipinski definition) is 3. The standard InChI is InChI=1S/C27H23BrF2N2O3/c1-16-3-7-25(32(16)22-10-17(11-27(33)34)9-21(14-22)31-2)23-12-19(28)5-8-26(23)35-15-18-4-6-20(29)13-24(18)30/h3-10,12-14,31H,11,15H2,1-2H3,(H,33,34). The first-order valence-corrected chi connectivity index (χ1v) is 11.6. The zero-order chi connectivity index (χ0) is 25.1. The largest absolute Gasteiger partial charge is 0.488 e. The number of carboxylic acid groups (broad SMARTS) is 1. The minimum atomic E-state index is -0.913. The predicted molar refractivity (Wildman–Crippen MR) is 135 cm³/mol. The maximum absolute atomic E-state index is 14.1. The summed E-state index contributed by atoms with van der Waals surface area (Å²) in [6, 6.07) is 18.4. The van der Waals surface area contributed by atoms with Crippen LogP contribution >= 0.6 is 15.9 Å². The smallest absolute Gasteiger partial charge is 0.307 e. The van der Waals surface area contributed by atoms with Crippen LogP contribution in [0.25, 0.3) is 16.9 Å². The van der Waals surface area contributed by atoms with E-state index in [0.717, 1.165) is 38.9 Å². The van der Waals surface area contributed by atoms with E-state index in [4.69, 9.17) is 4.74 Å². The highest BCUT2D eigenvalue weighted by Crippen LogP contribution is 2.37. The number of nitrogens with zero attached hydrogens (tertiary/aromatic N) is 1. The summed E-state index contributed by atoms with van der Waals surface area (Å²) in [5, 5.41) is 12.4. The number of aryl methyl sites for hydroxylation is 1. The first-order valence-electron chi connectivity index (χ1n) is 10.8. The van der Waals surface area contributed by atoms with Crippen LogP contribution in [0.1, 0.15) is 16.8 Å². The molecule has 0 aliphatic carbocycles. The van der Waals surface area contributed by atoms with E-state index in [-0.39, 0.29) is 18.6 Å². The predicted octanol–water partition coefficient (Wildman–Crippen LogP) is 6.74. The molecule has 180 valence electrons. The van der Waals surface area contributed by atoms with Crippen LogP contribution in [0.3, 0.4) is 0 Å². The Morgan fingerprint density at radius 1 is 1.06 bits per heavy atom. The van der Waals surface area contributed by atoms with Gasteiger partial charge in [0.1, 0.15) is 24.0 Å². The highest BCUT2D eigenvalue weighted by molar-refractivity contribution is 9.10. The normalized spacial score (nSPS) is 10.9. The third-order valence-electron chi connectivity index (χ3n) is 5.57. The van der Waals surface area contributed by atoms with Crippen molar-refractivity contribution in [2.24, 2.45) is 0 Å². The van der Waals surface area contributed by atoms with Crippen LogP contribution in [0.15, 0.2) is 71.2 Å². The molecule has 0 atom stereocenters. The molecular weight excluding hydrogens is 518 g/mol. The molecule has 0 aliphatic heterocycles. The quantitative estimate of drug-likeness (QED) is 0.259. The van der Waals surface area contributed by atoms with Gasteiger partial charge in [-0.05, 0) is 73.2 Å². The number of benzene rings is 3. The minimum Gasteiger partial charge on any atom is -0.488 e. The molecule has 0 bridgehead atoms. The molecule has 4 rings (SSSR count). The van der Waals surface area contributed by atoms with Crippen molar-refractivity contribution in [1.29, 1.82) is 0 Å². The summed E-state index contributed by atoms with van der Waals surface area (Å²) in [5.74, 6) is -1.70. The molecule has 5 nitrogen and oxygen atoms in total. The molecule has 1 heterocycles. The van der Waals surface area contributed by atoms with Crippen molar-refractivity contribution in [1.82, 2.24) is 4.57 Å². The fourth-order valence-electron chi connectivity index (χ4n) is 3.94. The van der Waals surface area contributed by atoms with Crippen molar-refractivity contribution < 1.29 is 23.4 Å². The maximum Gasteiger partial charge on any atom is 0.307 e. The Hall–Kier alpha value is -3.65. The second kappa shape index (κ2) is 10.3. The van der Waals surface area contributed by atoms with Crippen LogP contribution in [0.2, 0.25) is 0 Å². The average Bonchev–Trinajstić information content (AvgIpc) is 3.19. The summed E-state index contributed by atoms with van der Waals surface area (Å²) in [4.78, 5) is 11.3. The van der Waals surface area contributed by atoms with Crippen LogP contribution in [0, 0.1) is 18.6 Å². The Morgan fingerprint density at radius 3 is 2.57 bits per heavy atom. The topological polar surface area (TPSA) is 63.5 Å². The van der Waals surface area contributed by atoms with Crippen molar-refractivity contribution in [3.8, 4) is 22.7 Å². The van der Waals surface area contributed by atoms with Gasteiger partial charge in [0.2, 0.25) is 0 Å². The van der Waals surface area contributed by atoms with Crippen molar-refractivity contribution in [3.63, 3.8) is 0 Å². The molecule has 0 saturated heterocycles. The molecule has 3 aromatic carbocycles. The molecule has 0 radical (unpaired) electrons. The van der Waals surface area contributed by atoms with Crippen molar-refractivity contribution in [2.75, 3.05) is 12.4 Å². The fourth-order valence-corrected chi connectivity index (χ4v) is 4.30. The van der Waals surface area contributed by atoms with Gasteiger partial charge in [-0.25, -0.2) is 8.78 Å². The van der Waals surface area contributed by atoms with E-state index in [1.54, 1.807) is 19.2 Å². The van der Waals surface area contributed by atoms with Gasteiger partial charge in [0.25, 0.3) is 0 Å². The molecule has 0 spiro atoms. The second-order valence-electron chi connectivity index (χ2n) is 8.07. The van der Waals surface area contributed by atoms with Crippen LogP contribution < -0.4 is 10.1 Å². The second-order valence-corrected chi connectivity index (χ2v) is 8.98. The molecule has 8 heteroatoms. The highest BCUT2D eigenvalue weighted by Gasteiger charge is 2.17. The Balaban J connectivity index is 1.77. The zero-order valence-electron chi connectivity index (χ0n) is 19.1. The summed E-state index contributed by atoms with van der Waals surface area (Å²) >= 11 is 3.52. The van der Waals surface area contributed by atoms with Gasteiger partial charge >= 0.3 is 5.97 Å². The Morgan fingerprint density at radius 2 is 1.86 bits per heavy atom. The number of rotatable bonds is 8. The lowest BCUT2D eigenvalue weighted by Crippen LogP contribution is -2.06. The fraction of sp³-hybridized carbons (Fsp3) is 0.148. The first-order chi connectivity index (χ1) is 16.7. The van der Waals surface area contributed by atoms with Crippen LogP contribution in [-0.4, -0.2) is 22.7 Å². The van der Waals surface area contributed by atoms with Crippen LogP contribution in [0.4, 0.5) is 14.5 Å². The van der Waals surface area contributed by atoms with Crippen molar-refractivity contribution in [3.05, 3.63) is 99.7 Å². The van der Waals surface area contributed by atoms with E-state index in [9.17, 15) is 18.7 Å². The van der Waals surface area contributed by atoms with E-state index in [2.05, 4.69) is 21.2 Å². The van der Waals surface area contributed by atoms with Crippen LogP contribution in [0.5, 0.6) is 5.75 Å². The number of ether oxygens (including phenoxy) is 1. The third-order valence-corrected chi connectivity index (χ3v) is 6.06. The summed E-state index contributed by atoms with van der Waals surface area (Å²) in [6.45, 7) is 1.89. The van der Waals surface area contributed by atoms with Gasteiger partial charge in [0.05, 0.1) is 12.1 Å². The summed E-state index contributed by atoms with van der Waals surface area (Å²) in [7, 11) is 1.78. The lowest BCUT2D eigenvalue weighted by Gasteiger charge is -2.18. The maximum atomic E-state index is 14.1. The monoisotopic (exact) mass is 540 g/mol. The highest BCUT2D eigenvalue weighted by atomic mass is 79.9. The lowest BCUT2D eigenvalue weighted by molar-refractivity contribution is -0.136. The Labute approximate surface area is 210 Å². The number of carboxylic acids is 1. The molecule has 0 amide bonds. The van der Waals surface area contributed by atoms with Gasteiger partial charge in [-0.3, -0.25) is 4.79 Å². The van der Waals surface area contributed by atoms with Gasteiger partial charge in [-0.15, -0.1) is 0 Å². The number of aromatic nitrogens is 1. The van der Waals surface area contributed by atoms with E-state index < -0.39 is 17.6 Å². The summed E-state index contributed by atoms with van der Waals surface area (Å²) in [5.41, 5.74) is 4.99. The number of carbonyl (C=O) groups is 1. The van der Waals surface area contributed by atoms with Gasteiger partial charge < -0.3 is 19.7 Å². The number of aliphatic carboxylic acids is 1. The molecule has 4 aromatic rings. The van der Waals surface area contributed by atoms with E-state index in [1.165, 1.54) is 12.1 Å². The van der Waals surface area contributed by atoms with E-state index >= 15 is 0 Å². The summed E-state index contributed by atoms with van der Waals surface area (Å²) < 4.78 is 36.3. The van der Waals surface area contributed by atoms with Crippen molar-refractivity contribution >= 4 is 27.6 Å². The number of anilines is 1. The zero-order valence-corrected chi connectivity index (χ0v) is 20.7. The first kappa shape index (κ1) is 24.5.